The van der Waals surface area contributed by atoms with E-state index in [2.05, 4.69) is 20.8 Å². The summed E-state index contributed by atoms with van der Waals surface area (Å²) in [5, 5.41) is 6.93. The molecule has 3 rings (SSSR count). The second-order valence-corrected chi connectivity index (χ2v) is 5.59. The average molecular weight is 333 g/mol. The van der Waals surface area contributed by atoms with Crippen LogP contribution in [0.4, 0.5) is 10.5 Å². The van der Waals surface area contributed by atoms with Crippen LogP contribution in [0, 0.1) is 6.92 Å². The maximum atomic E-state index is 12.0. The highest BCUT2D eigenvalue weighted by Crippen LogP contribution is 2.13. The SMILES string of the molecule is C/C(=N\NC(=O)Nc1ccccc1C)c1ccc(-n2ccnc2)cc1. The standard InChI is InChI=1S/C19H19N5O/c1-14-5-3-4-6-18(14)21-19(25)23-22-15(2)16-7-9-17(10-8-16)24-12-11-20-13-24/h3-13H,1-2H3,(H2,21,23,25)/b22-15+. The first kappa shape index (κ1) is 16.4. The van der Waals surface area contributed by atoms with E-state index in [1.165, 1.54) is 0 Å². The van der Waals surface area contributed by atoms with E-state index in [0.29, 0.717) is 0 Å². The Morgan fingerprint density at radius 3 is 2.56 bits per heavy atom. The van der Waals surface area contributed by atoms with Crippen molar-refractivity contribution in [3.63, 3.8) is 0 Å². The molecule has 3 aromatic rings. The zero-order valence-electron chi connectivity index (χ0n) is 14.1. The molecule has 6 nitrogen and oxygen atoms in total. The molecule has 0 aliphatic heterocycles. The van der Waals surface area contributed by atoms with E-state index in [0.717, 1.165) is 28.2 Å². The Morgan fingerprint density at radius 1 is 1.12 bits per heavy atom. The molecule has 0 aliphatic rings. The monoisotopic (exact) mass is 333 g/mol. The zero-order valence-corrected chi connectivity index (χ0v) is 14.1. The summed E-state index contributed by atoms with van der Waals surface area (Å²) in [6.07, 6.45) is 5.36. The maximum absolute atomic E-state index is 12.0. The summed E-state index contributed by atoms with van der Waals surface area (Å²) >= 11 is 0. The minimum Gasteiger partial charge on any atom is -0.306 e. The number of para-hydroxylation sites is 1. The molecule has 0 atom stereocenters. The normalized spacial score (nSPS) is 11.2. The lowest BCUT2D eigenvalue weighted by Crippen LogP contribution is -2.25. The third kappa shape index (κ3) is 4.11. The fourth-order valence-corrected chi connectivity index (χ4v) is 2.35. The Hall–Kier alpha value is -3.41. The predicted molar refractivity (Wildman–Crippen MR) is 99.1 cm³/mol. The quantitative estimate of drug-likeness (QED) is 0.564. The summed E-state index contributed by atoms with van der Waals surface area (Å²) in [5.41, 5.74) is 6.94. The van der Waals surface area contributed by atoms with Gasteiger partial charge in [0, 0.05) is 23.8 Å². The molecular weight excluding hydrogens is 314 g/mol. The average Bonchev–Trinajstić information content (AvgIpc) is 3.16. The van der Waals surface area contributed by atoms with Crippen LogP contribution < -0.4 is 10.7 Å². The van der Waals surface area contributed by atoms with Gasteiger partial charge in [0.25, 0.3) is 0 Å². The number of benzene rings is 2. The first-order valence-corrected chi connectivity index (χ1v) is 7.89. The number of carbonyl (C=O) groups is 1. The van der Waals surface area contributed by atoms with Crippen LogP contribution in [0.3, 0.4) is 0 Å². The lowest BCUT2D eigenvalue weighted by molar-refractivity contribution is 0.252. The summed E-state index contributed by atoms with van der Waals surface area (Å²) in [4.78, 5) is 16.0. The van der Waals surface area contributed by atoms with Crippen LogP contribution in [-0.4, -0.2) is 21.3 Å². The number of aromatic nitrogens is 2. The van der Waals surface area contributed by atoms with Crippen molar-refractivity contribution in [3.8, 4) is 5.69 Å². The van der Waals surface area contributed by atoms with E-state index >= 15 is 0 Å². The molecule has 2 aromatic carbocycles. The number of rotatable bonds is 4. The fraction of sp³-hybridized carbons (Fsp3) is 0.105. The fourth-order valence-electron chi connectivity index (χ4n) is 2.35. The molecule has 2 N–H and O–H groups in total. The van der Waals surface area contributed by atoms with E-state index in [1.54, 1.807) is 12.5 Å². The van der Waals surface area contributed by atoms with Crippen LogP contribution in [0.5, 0.6) is 0 Å². The Balaban J connectivity index is 1.63. The van der Waals surface area contributed by atoms with Gasteiger partial charge in [-0.1, -0.05) is 30.3 Å². The summed E-state index contributed by atoms with van der Waals surface area (Å²) in [6, 6.07) is 15.1. The van der Waals surface area contributed by atoms with Gasteiger partial charge in [0.2, 0.25) is 0 Å². The van der Waals surface area contributed by atoms with Gasteiger partial charge in [-0.25, -0.2) is 15.2 Å². The molecule has 6 heteroatoms. The van der Waals surface area contributed by atoms with E-state index in [9.17, 15) is 4.79 Å². The van der Waals surface area contributed by atoms with Gasteiger partial charge in [-0.3, -0.25) is 0 Å². The van der Waals surface area contributed by atoms with Gasteiger partial charge in [-0.15, -0.1) is 0 Å². The van der Waals surface area contributed by atoms with Crippen molar-refractivity contribution in [2.24, 2.45) is 5.10 Å². The molecule has 0 saturated heterocycles. The van der Waals surface area contributed by atoms with Crippen molar-refractivity contribution in [1.29, 1.82) is 0 Å². The number of imidazole rings is 1. The highest BCUT2D eigenvalue weighted by Gasteiger charge is 2.04. The highest BCUT2D eigenvalue weighted by atomic mass is 16.2. The van der Waals surface area contributed by atoms with E-state index in [-0.39, 0.29) is 6.03 Å². The van der Waals surface area contributed by atoms with Crippen LogP contribution in [0.15, 0.2) is 72.4 Å². The molecular formula is C19H19N5O. The lowest BCUT2D eigenvalue weighted by Gasteiger charge is -2.08. The molecule has 25 heavy (non-hydrogen) atoms. The zero-order chi connectivity index (χ0) is 17.6. The molecule has 0 spiro atoms. The minimum absolute atomic E-state index is 0.372. The van der Waals surface area contributed by atoms with Gasteiger partial charge < -0.3 is 9.88 Å². The number of anilines is 1. The van der Waals surface area contributed by atoms with Gasteiger partial charge >= 0.3 is 6.03 Å². The van der Waals surface area contributed by atoms with Crippen molar-refractivity contribution in [2.45, 2.75) is 13.8 Å². The summed E-state index contributed by atoms with van der Waals surface area (Å²) in [7, 11) is 0. The lowest BCUT2D eigenvalue weighted by atomic mass is 10.1. The predicted octanol–water partition coefficient (Wildman–Crippen LogP) is 3.73. The number of amides is 2. The Morgan fingerprint density at radius 2 is 1.88 bits per heavy atom. The number of nitrogens with zero attached hydrogens (tertiary/aromatic N) is 3. The van der Waals surface area contributed by atoms with Crippen molar-refractivity contribution in [2.75, 3.05) is 5.32 Å². The Bertz CT molecular complexity index is 882. The smallest absolute Gasteiger partial charge is 0.306 e. The van der Waals surface area contributed by atoms with E-state index in [4.69, 9.17) is 0 Å². The van der Waals surface area contributed by atoms with Crippen LogP contribution in [-0.2, 0) is 0 Å². The molecule has 0 unspecified atom stereocenters. The second-order valence-electron chi connectivity index (χ2n) is 5.59. The number of urea groups is 1. The van der Waals surface area contributed by atoms with Gasteiger partial charge in [0.05, 0.1) is 12.0 Å². The van der Waals surface area contributed by atoms with Crippen LogP contribution in [0.1, 0.15) is 18.1 Å². The molecule has 0 bridgehead atoms. The van der Waals surface area contributed by atoms with Gasteiger partial charge in [-0.05, 0) is 43.2 Å². The van der Waals surface area contributed by atoms with Crippen molar-refractivity contribution in [3.05, 3.63) is 78.4 Å². The largest absolute Gasteiger partial charge is 0.339 e. The summed E-state index contributed by atoms with van der Waals surface area (Å²) in [6.45, 7) is 3.78. The molecule has 1 aromatic heterocycles. The molecule has 1 heterocycles. The molecule has 2 amide bonds. The highest BCUT2D eigenvalue weighted by molar-refractivity contribution is 6.00. The third-order valence-electron chi connectivity index (χ3n) is 3.81. The number of carbonyl (C=O) groups excluding carboxylic acids is 1. The molecule has 0 radical (unpaired) electrons. The van der Waals surface area contributed by atoms with Crippen LogP contribution in [0.2, 0.25) is 0 Å². The minimum atomic E-state index is -0.372. The second kappa shape index (κ2) is 7.44. The molecule has 0 aliphatic carbocycles. The first-order chi connectivity index (χ1) is 12.1. The van der Waals surface area contributed by atoms with Crippen molar-refractivity contribution < 1.29 is 4.79 Å². The van der Waals surface area contributed by atoms with Gasteiger partial charge in [0.1, 0.15) is 0 Å². The number of hydrogen-bond donors (Lipinski definition) is 2. The van der Waals surface area contributed by atoms with Crippen LogP contribution in [0.25, 0.3) is 5.69 Å². The summed E-state index contributed by atoms with van der Waals surface area (Å²) in [5.74, 6) is 0. The molecule has 0 fully saturated rings. The van der Waals surface area contributed by atoms with Gasteiger partial charge in [0.15, 0.2) is 0 Å². The van der Waals surface area contributed by atoms with Gasteiger partial charge in [-0.2, -0.15) is 5.10 Å². The topological polar surface area (TPSA) is 71.3 Å². The van der Waals surface area contributed by atoms with E-state index < -0.39 is 0 Å². The van der Waals surface area contributed by atoms with Crippen molar-refractivity contribution in [1.82, 2.24) is 15.0 Å². The summed E-state index contributed by atoms with van der Waals surface area (Å²) < 4.78 is 1.92. The molecule has 0 saturated carbocycles. The maximum Gasteiger partial charge on any atom is 0.339 e. The van der Waals surface area contributed by atoms with E-state index in [1.807, 2.05) is 73.1 Å². The first-order valence-electron chi connectivity index (χ1n) is 7.89. The number of hydrogen-bond acceptors (Lipinski definition) is 3. The van der Waals surface area contributed by atoms with Crippen LogP contribution >= 0.6 is 0 Å². The third-order valence-corrected chi connectivity index (χ3v) is 3.81. The number of hydrazone groups is 1. The molecule has 126 valence electrons. The number of aryl methyl sites for hydroxylation is 1. The number of nitrogens with one attached hydrogen (secondary N) is 2. The Kier molecular flexibility index (Phi) is 4.89. The van der Waals surface area contributed by atoms with Crippen molar-refractivity contribution >= 4 is 17.4 Å². The Labute approximate surface area is 146 Å².